The highest BCUT2D eigenvalue weighted by molar-refractivity contribution is 5.65. The van der Waals surface area contributed by atoms with Crippen LogP contribution in [0.5, 0.6) is 0 Å². The molecule has 0 N–H and O–H groups in total. The van der Waals surface area contributed by atoms with E-state index in [4.69, 9.17) is 4.74 Å². The molecule has 1 fully saturated rings. The topological polar surface area (TPSA) is 29.5 Å². The third-order valence-corrected chi connectivity index (χ3v) is 2.40. The Bertz CT molecular complexity index is 159. The minimum absolute atomic E-state index is 0.172. The van der Waals surface area contributed by atoms with Crippen molar-refractivity contribution in [2.75, 3.05) is 20.2 Å². The van der Waals surface area contributed by atoms with Crippen molar-refractivity contribution in [1.29, 1.82) is 0 Å². The van der Waals surface area contributed by atoms with Gasteiger partial charge in [-0.25, -0.2) is 0 Å². The smallest absolute Gasteiger partial charge is 0.302 e. The average molecular weight is 171 g/mol. The van der Waals surface area contributed by atoms with Crippen molar-refractivity contribution in [2.45, 2.75) is 32.2 Å². The first-order valence-electron chi connectivity index (χ1n) is 4.54. The summed E-state index contributed by atoms with van der Waals surface area (Å²) >= 11 is 0. The number of likely N-dealkylation sites (N-methyl/N-ethyl adjacent to an activating group) is 1. The molecule has 3 nitrogen and oxygen atoms in total. The Hall–Kier alpha value is -0.570. The SMILES string of the molecule is CC(=O)OCC1CCCCN1C. The van der Waals surface area contributed by atoms with E-state index in [-0.39, 0.29) is 5.97 Å². The summed E-state index contributed by atoms with van der Waals surface area (Å²) < 4.78 is 4.97. The molecule has 1 aliphatic rings. The summed E-state index contributed by atoms with van der Waals surface area (Å²) in [5.41, 5.74) is 0. The quantitative estimate of drug-likeness (QED) is 0.581. The molecular formula is C9H17NO2. The van der Waals surface area contributed by atoms with Gasteiger partial charge in [0.2, 0.25) is 0 Å². The zero-order valence-electron chi connectivity index (χ0n) is 7.88. The molecule has 1 saturated heterocycles. The minimum atomic E-state index is -0.172. The molecule has 1 unspecified atom stereocenters. The van der Waals surface area contributed by atoms with Gasteiger partial charge in [0.1, 0.15) is 6.61 Å². The van der Waals surface area contributed by atoms with Gasteiger partial charge >= 0.3 is 5.97 Å². The number of hydrogen-bond donors (Lipinski definition) is 0. The maximum atomic E-state index is 10.6. The molecule has 3 heteroatoms. The molecule has 0 bridgehead atoms. The van der Waals surface area contributed by atoms with Crippen LogP contribution >= 0.6 is 0 Å². The van der Waals surface area contributed by atoms with Crippen molar-refractivity contribution in [3.8, 4) is 0 Å². The number of hydrogen-bond acceptors (Lipinski definition) is 3. The zero-order valence-corrected chi connectivity index (χ0v) is 7.88. The van der Waals surface area contributed by atoms with Crippen molar-refractivity contribution in [2.24, 2.45) is 0 Å². The number of carbonyl (C=O) groups excluding carboxylic acids is 1. The van der Waals surface area contributed by atoms with Crippen molar-refractivity contribution in [1.82, 2.24) is 4.90 Å². The lowest BCUT2D eigenvalue weighted by atomic mass is 10.0. The lowest BCUT2D eigenvalue weighted by Crippen LogP contribution is -2.39. The van der Waals surface area contributed by atoms with E-state index in [0.717, 1.165) is 13.0 Å². The first kappa shape index (κ1) is 9.52. The van der Waals surface area contributed by atoms with E-state index >= 15 is 0 Å². The molecule has 1 heterocycles. The van der Waals surface area contributed by atoms with E-state index in [2.05, 4.69) is 11.9 Å². The molecule has 0 aromatic rings. The molecular weight excluding hydrogens is 154 g/mol. The number of piperidine rings is 1. The number of rotatable bonds is 2. The van der Waals surface area contributed by atoms with Crippen molar-refractivity contribution >= 4 is 5.97 Å². The zero-order chi connectivity index (χ0) is 8.97. The van der Waals surface area contributed by atoms with Crippen LogP contribution < -0.4 is 0 Å². The summed E-state index contributed by atoms with van der Waals surface area (Å²) in [6, 6.07) is 0.447. The van der Waals surface area contributed by atoms with Gasteiger partial charge in [0.05, 0.1) is 0 Å². The van der Waals surface area contributed by atoms with E-state index in [9.17, 15) is 4.79 Å². The van der Waals surface area contributed by atoms with Crippen LogP contribution in [0.25, 0.3) is 0 Å². The maximum absolute atomic E-state index is 10.6. The monoisotopic (exact) mass is 171 g/mol. The fourth-order valence-corrected chi connectivity index (χ4v) is 1.57. The van der Waals surface area contributed by atoms with E-state index < -0.39 is 0 Å². The lowest BCUT2D eigenvalue weighted by Gasteiger charge is -2.31. The second kappa shape index (κ2) is 4.45. The molecule has 0 saturated carbocycles. The van der Waals surface area contributed by atoms with Crippen LogP contribution in [0.4, 0.5) is 0 Å². The van der Waals surface area contributed by atoms with E-state index in [0.29, 0.717) is 12.6 Å². The standard InChI is InChI=1S/C9H17NO2/c1-8(11)12-7-9-5-3-4-6-10(9)2/h9H,3-7H2,1-2H3. The molecule has 0 amide bonds. The first-order valence-corrected chi connectivity index (χ1v) is 4.54. The Morgan fingerprint density at radius 3 is 2.92 bits per heavy atom. The van der Waals surface area contributed by atoms with Crippen LogP contribution in [0.1, 0.15) is 26.2 Å². The number of likely N-dealkylation sites (tertiary alicyclic amines) is 1. The Balaban J connectivity index is 2.24. The Morgan fingerprint density at radius 1 is 1.58 bits per heavy atom. The van der Waals surface area contributed by atoms with Gasteiger partial charge in [-0.15, -0.1) is 0 Å². The van der Waals surface area contributed by atoms with Gasteiger partial charge in [0.25, 0.3) is 0 Å². The molecule has 70 valence electrons. The summed E-state index contributed by atoms with van der Waals surface area (Å²) in [6.07, 6.45) is 3.69. The van der Waals surface area contributed by atoms with Crippen LogP contribution in [-0.4, -0.2) is 37.1 Å². The predicted octanol–water partition coefficient (Wildman–Crippen LogP) is 1.03. The molecule has 0 aliphatic carbocycles. The van der Waals surface area contributed by atoms with Gasteiger partial charge in [0.15, 0.2) is 0 Å². The van der Waals surface area contributed by atoms with Crippen LogP contribution in [0.2, 0.25) is 0 Å². The van der Waals surface area contributed by atoms with Crippen molar-refractivity contribution in [3.05, 3.63) is 0 Å². The van der Waals surface area contributed by atoms with Crippen molar-refractivity contribution < 1.29 is 9.53 Å². The lowest BCUT2D eigenvalue weighted by molar-refractivity contribution is -0.142. The minimum Gasteiger partial charge on any atom is -0.464 e. The van der Waals surface area contributed by atoms with Crippen molar-refractivity contribution in [3.63, 3.8) is 0 Å². The van der Waals surface area contributed by atoms with Crippen LogP contribution in [0.3, 0.4) is 0 Å². The average Bonchev–Trinajstić information content (AvgIpc) is 2.03. The molecule has 12 heavy (non-hydrogen) atoms. The van der Waals surface area contributed by atoms with Crippen LogP contribution in [-0.2, 0) is 9.53 Å². The predicted molar refractivity (Wildman–Crippen MR) is 46.9 cm³/mol. The van der Waals surface area contributed by atoms with Crippen LogP contribution in [0, 0.1) is 0 Å². The van der Waals surface area contributed by atoms with E-state index in [1.165, 1.54) is 19.8 Å². The number of esters is 1. The van der Waals surface area contributed by atoms with E-state index in [1.807, 2.05) is 0 Å². The van der Waals surface area contributed by atoms with Gasteiger partial charge in [-0.3, -0.25) is 4.79 Å². The van der Waals surface area contributed by atoms with E-state index in [1.54, 1.807) is 0 Å². The highest BCUT2D eigenvalue weighted by Gasteiger charge is 2.19. The molecule has 0 aromatic heterocycles. The van der Waals surface area contributed by atoms with Gasteiger partial charge in [-0.2, -0.15) is 0 Å². The Morgan fingerprint density at radius 2 is 2.33 bits per heavy atom. The largest absolute Gasteiger partial charge is 0.464 e. The number of carbonyl (C=O) groups is 1. The van der Waals surface area contributed by atoms with Gasteiger partial charge in [-0.1, -0.05) is 6.42 Å². The first-order chi connectivity index (χ1) is 5.70. The Labute approximate surface area is 73.7 Å². The summed E-state index contributed by atoms with van der Waals surface area (Å²) in [5.74, 6) is -0.172. The molecule has 1 atom stereocenters. The van der Waals surface area contributed by atoms with Gasteiger partial charge in [-0.05, 0) is 26.4 Å². The van der Waals surface area contributed by atoms with Crippen LogP contribution in [0.15, 0.2) is 0 Å². The fourth-order valence-electron chi connectivity index (χ4n) is 1.57. The maximum Gasteiger partial charge on any atom is 0.302 e. The van der Waals surface area contributed by atoms with Gasteiger partial charge < -0.3 is 9.64 Å². The molecule has 1 aliphatic heterocycles. The molecule has 1 rings (SSSR count). The summed E-state index contributed by atoms with van der Waals surface area (Å²) in [4.78, 5) is 12.8. The summed E-state index contributed by atoms with van der Waals surface area (Å²) in [7, 11) is 2.09. The Kier molecular flexibility index (Phi) is 3.53. The fraction of sp³-hybridized carbons (Fsp3) is 0.889. The highest BCUT2D eigenvalue weighted by Crippen LogP contribution is 2.14. The third kappa shape index (κ3) is 2.81. The third-order valence-electron chi connectivity index (χ3n) is 2.40. The molecule has 0 spiro atoms. The number of nitrogens with zero attached hydrogens (tertiary/aromatic N) is 1. The second-order valence-corrected chi connectivity index (χ2v) is 3.43. The van der Waals surface area contributed by atoms with Gasteiger partial charge in [0, 0.05) is 13.0 Å². The number of ether oxygens (including phenoxy) is 1. The normalized spacial score (nSPS) is 25.3. The molecule has 0 aromatic carbocycles. The highest BCUT2D eigenvalue weighted by atomic mass is 16.5. The summed E-state index contributed by atoms with van der Waals surface area (Å²) in [5, 5.41) is 0. The summed E-state index contributed by atoms with van der Waals surface area (Å²) in [6.45, 7) is 3.15. The molecule has 0 radical (unpaired) electrons. The second-order valence-electron chi connectivity index (χ2n) is 3.43.